The highest BCUT2D eigenvalue weighted by Gasteiger charge is 2.21. The summed E-state index contributed by atoms with van der Waals surface area (Å²) in [5.74, 6) is 0.480. The fraction of sp³-hybridized carbons (Fsp3) is 0.545. The topological polar surface area (TPSA) is 72.1 Å². The van der Waals surface area contributed by atoms with E-state index in [-0.39, 0.29) is 11.9 Å². The van der Waals surface area contributed by atoms with Crippen LogP contribution in [0.5, 0.6) is 0 Å². The lowest BCUT2D eigenvalue weighted by Gasteiger charge is -2.27. The van der Waals surface area contributed by atoms with Crippen LogP contribution >= 0.6 is 0 Å². The highest BCUT2D eigenvalue weighted by Crippen LogP contribution is 2.17. The number of rotatable bonds is 2. The summed E-state index contributed by atoms with van der Waals surface area (Å²) in [5.41, 5.74) is 7.53. The van der Waals surface area contributed by atoms with E-state index in [0.29, 0.717) is 13.0 Å². The number of aromatic nitrogens is 2. The third kappa shape index (κ3) is 2.13. The SMILES string of the molecule is CCCC(=O)N1CCc2cnc(N)nc2C1. The van der Waals surface area contributed by atoms with Crippen molar-refractivity contribution in [1.82, 2.24) is 14.9 Å². The van der Waals surface area contributed by atoms with Crippen molar-refractivity contribution in [2.45, 2.75) is 32.7 Å². The van der Waals surface area contributed by atoms with Gasteiger partial charge in [0.25, 0.3) is 0 Å². The summed E-state index contributed by atoms with van der Waals surface area (Å²) in [6.07, 6.45) is 4.08. The molecule has 0 aromatic carbocycles. The summed E-state index contributed by atoms with van der Waals surface area (Å²) >= 11 is 0. The minimum Gasteiger partial charge on any atom is -0.368 e. The van der Waals surface area contributed by atoms with E-state index in [9.17, 15) is 4.79 Å². The molecule has 1 aliphatic rings. The van der Waals surface area contributed by atoms with E-state index in [1.165, 1.54) is 0 Å². The van der Waals surface area contributed by atoms with Crippen molar-refractivity contribution in [3.63, 3.8) is 0 Å². The molecule has 0 bridgehead atoms. The number of nitrogens with zero attached hydrogens (tertiary/aromatic N) is 3. The largest absolute Gasteiger partial charge is 0.368 e. The van der Waals surface area contributed by atoms with Crippen LogP contribution < -0.4 is 5.73 Å². The summed E-state index contributed by atoms with van der Waals surface area (Å²) in [6, 6.07) is 0. The van der Waals surface area contributed by atoms with Gasteiger partial charge >= 0.3 is 0 Å². The predicted octanol–water partition coefficient (Wildman–Crippen LogP) is 0.744. The second kappa shape index (κ2) is 4.47. The zero-order valence-corrected chi connectivity index (χ0v) is 9.44. The van der Waals surface area contributed by atoms with Gasteiger partial charge in [0, 0.05) is 19.2 Å². The molecule has 0 atom stereocenters. The number of nitrogen functional groups attached to an aromatic ring is 1. The van der Waals surface area contributed by atoms with Gasteiger partial charge in [-0.05, 0) is 18.4 Å². The standard InChI is InChI=1S/C11H16N4O/c1-2-3-10(16)15-5-4-8-6-13-11(12)14-9(8)7-15/h6H,2-5,7H2,1H3,(H2,12,13,14). The molecule has 86 valence electrons. The molecular formula is C11H16N4O. The molecule has 0 saturated heterocycles. The Bertz CT molecular complexity index is 405. The van der Waals surface area contributed by atoms with Gasteiger partial charge in [-0.1, -0.05) is 6.92 Å². The molecule has 0 radical (unpaired) electrons. The fourth-order valence-electron chi connectivity index (χ4n) is 1.90. The van der Waals surface area contributed by atoms with Crippen LogP contribution in [-0.2, 0) is 17.8 Å². The van der Waals surface area contributed by atoms with Crippen molar-refractivity contribution in [1.29, 1.82) is 0 Å². The van der Waals surface area contributed by atoms with Crippen LogP contribution in [0.3, 0.4) is 0 Å². The quantitative estimate of drug-likeness (QED) is 0.798. The third-order valence-electron chi connectivity index (χ3n) is 2.78. The second-order valence-electron chi connectivity index (χ2n) is 4.02. The first-order chi connectivity index (χ1) is 7.70. The molecule has 5 heteroatoms. The number of hydrogen-bond donors (Lipinski definition) is 1. The maximum Gasteiger partial charge on any atom is 0.222 e. The molecule has 1 amide bonds. The number of fused-ring (bicyclic) bond motifs is 1. The highest BCUT2D eigenvalue weighted by atomic mass is 16.2. The number of anilines is 1. The van der Waals surface area contributed by atoms with Crippen molar-refractivity contribution in [2.75, 3.05) is 12.3 Å². The van der Waals surface area contributed by atoms with E-state index in [1.807, 2.05) is 11.8 Å². The van der Waals surface area contributed by atoms with Crippen LogP contribution in [0.25, 0.3) is 0 Å². The lowest BCUT2D eigenvalue weighted by molar-refractivity contribution is -0.132. The van der Waals surface area contributed by atoms with E-state index in [4.69, 9.17) is 5.73 Å². The third-order valence-corrected chi connectivity index (χ3v) is 2.78. The predicted molar refractivity (Wildman–Crippen MR) is 60.5 cm³/mol. The summed E-state index contributed by atoms with van der Waals surface area (Å²) in [5, 5.41) is 0. The Kier molecular flexibility index (Phi) is 3.03. The number of carbonyl (C=O) groups excluding carboxylic acids is 1. The van der Waals surface area contributed by atoms with Gasteiger partial charge in [0.15, 0.2) is 0 Å². The molecule has 2 N–H and O–H groups in total. The molecule has 0 spiro atoms. The molecular weight excluding hydrogens is 204 g/mol. The monoisotopic (exact) mass is 220 g/mol. The number of hydrogen-bond acceptors (Lipinski definition) is 4. The average Bonchev–Trinajstić information content (AvgIpc) is 2.28. The van der Waals surface area contributed by atoms with Gasteiger partial charge in [-0.2, -0.15) is 0 Å². The Morgan fingerprint density at radius 1 is 1.62 bits per heavy atom. The first-order valence-electron chi connectivity index (χ1n) is 5.58. The van der Waals surface area contributed by atoms with Crippen LogP contribution in [-0.4, -0.2) is 27.3 Å². The Labute approximate surface area is 94.7 Å². The zero-order valence-electron chi connectivity index (χ0n) is 9.44. The molecule has 2 heterocycles. The van der Waals surface area contributed by atoms with Crippen LogP contribution in [0, 0.1) is 0 Å². The van der Waals surface area contributed by atoms with Crippen molar-refractivity contribution in [3.8, 4) is 0 Å². The summed E-state index contributed by atoms with van der Waals surface area (Å²) in [4.78, 5) is 21.7. The normalized spacial score (nSPS) is 14.7. The van der Waals surface area contributed by atoms with Crippen LogP contribution in [0.15, 0.2) is 6.20 Å². The van der Waals surface area contributed by atoms with E-state index >= 15 is 0 Å². The average molecular weight is 220 g/mol. The number of carbonyl (C=O) groups is 1. The second-order valence-corrected chi connectivity index (χ2v) is 4.02. The van der Waals surface area contributed by atoms with E-state index in [0.717, 1.165) is 30.6 Å². The smallest absolute Gasteiger partial charge is 0.222 e. The van der Waals surface area contributed by atoms with Gasteiger partial charge in [0.1, 0.15) is 0 Å². The molecule has 0 fully saturated rings. The molecule has 0 saturated carbocycles. The van der Waals surface area contributed by atoms with Crippen LogP contribution in [0.1, 0.15) is 31.0 Å². The molecule has 0 aliphatic carbocycles. The molecule has 5 nitrogen and oxygen atoms in total. The zero-order chi connectivity index (χ0) is 11.5. The Morgan fingerprint density at radius 3 is 3.19 bits per heavy atom. The van der Waals surface area contributed by atoms with Gasteiger partial charge < -0.3 is 10.6 Å². The van der Waals surface area contributed by atoms with Gasteiger partial charge in [0.05, 0.1) is 12.2 Å². The van der Waals surface area contributed by atoms with Crippen LogP contribution in [0.4, 0.5) is 5.95 Å². The maximum absolute atomic E-state index is 11.7. The summed E-state index contributed by atoms with van der Waals surface area (Å²) < 4.78 is 0. The number of amides is 1. The minimum atomic E-state index is 0.199. The maximum atomic E-state index is 11.7. The Hall–Kier alpha value is -1.65. The Morgan fingerprint density at radius 2 is 2.44 bits per heavy atom. The lowest BCUT2D eigenvalue weighted by atomic mass is 10.1. The van der Waals surface area contributed by atoms with Crippen molar-refractivity contribution in [3.05, 3.63) is 17.5 Å². The first kappa shape index (κ1) is 10.9. The van der Waals surface area contributed by atoms with Crippen molar-refractivity contribution in [2.24, 2.45) is 0 Å². The highest BCUT2D eigenvalue weighted by molar-refractivity contribution is 5.76. The molecule has 0 unspecified atom stereocenters. The van der Waals surface area contributed by atoms with Gasteiger partial charge in [0.2, 0.25) is 11.9 Å². The van der Waals surface area contributed by atoms with Crippen molar-refractivity contribution >= 4 is 11.9 Å². The minimum absolute atomic E-state index is 0.199. The first-order valence-corrected chi connectivity index (χ1v) is 5.58. The van der Waals surface area contributed by atoms with Crippen LogP contribution in [0.2, 0.25) is 0 Å². The Balaban J connectivity index is 2.13. The number of nitrogens with two attached hydrogens (primary N) is 1. The van der Waals surface area contributed by atoms with E-state index in [2.05, 4.69) is 9.97 Å². The van der Waals surface area contributed by atoms with E-state index < -0.39 is 0 Å². The molecule has 1 aliphatic heterocycles. The fourth-order valence-corrected chi connectivity index (χ4v) is 1.90. The molecule has 1 aromatic rings. The molecule has 2 rings (SSSR count). The summed E-state index contributed by atoms with van der Waals surface area (Å²) in [7, 11) is 0. The molecule has 1 aromatic heterocycles. The van der Waals surface area contributed by atoms with E-state index in [1.54, 1.807) is 6.20 Å². The molecule has 16 heavy (non-hydrogen) atoms. The van der Waals surface area contributed by atoms with Crippen molar-refractivity contribution < 1.29 is 4.79 Å². The van der Waals surface area contributed by atoms with Gasteiger partial charge in [-0.15, -0.1) is 0 Å². The van der Waals surface area contributed by atoms with Gasteiger partial charge in [-0.3, -0.25) is 4.79 Å². The summed E-state index contributed by atoms with van der Waals surface area (Å²) in [6.45, 7) is 3.34. The van der Waals surface area contributed by atoms with Gasteiger partial charge in [-0.25, -0.2) is 9.97 Å². The lowest BCUT2D eigenvalue weighted by Crippen LogP contribution is -2.36.